The first-order valence-corrected chi connectivity index (χ1v) is 5.61. The van der Waals surface area contributed by atoms with Crippen molar-refractivity contribution in [3.8, 4) is 6.07 Å². The van der Waals surface area contributed by atoms with Crippen molar-refractivity contribution in [1.29, 1.82) is 5.26 Å². The van der Waals surface area contributed by atoms with Crippen LogP contribution in [0.3, 0.4) is 0 Å². The molecule has 1 amide bonds. The summed E-state index contributed by atoms with van der Waals surface area (Å²) >= 11 is 6.17. The number of amides is 1. The predicted octanol–water partition coefficient (Wildman–Crippen LogP) is 1.49. The smallest absolute Gasteiger partial charge is 0.323 e. The van der Waals surface area contributed by atoms with Crippen molar-refractivity contribution in [2.45, 2.75) is 18.2 Å². The lowest BCUT2D eigenvalue weighted by Gasteiger charge is -2.20. The van der Waals surface area contributed by atoms with Crippen LogP contribution in [0.25, 0.3) is 0 Å². The Kier molecular flexibility index (Phi) is 3.01. The number of hydrogen-bond acceptors (Lipinski definition) is 4. The number of oxime groups is 1. The summed E-state index contributed by atoms with van der Waals surface area (Å²) in [5, 5.41) is 14.8. The van der Waals surface area contributed by atoms with Gasteiger partial charge in [0.15, 0.2) is 0 Å². The number of nitrogens with one attached hydrogen (secondary N) is 1. The zero-order chi connectivity index (χ0) is 11.7. The van der Waals surface area contributed by atoms with Gasteiger partial charge >= 0.3 is 6.09 Å². The molecule has 0 aromatic rings. The first-order chi connectivity index (χ1) is 7.67. The highest BCUT2D eigenvalue weighted by Gasteiger charge is 2.50. The number of nitriles is 1. The monoisotopic (exact) mass is 241 g/mol. The molecule has 5 nitrogen and oxygen atoms in total. The highest BCUT2D eigenvalue weighted by molar-refractivity contribution is 6.33. The van der Waals surface area contributed by atoms with Gasteiger partial charge in [0.05, 0.1) is 23.1 Å². The van der Waals surface area contributed by atoms with E-state index in [1.165, 1.54) is 7.05 Å². The van der Waals surface area contributed by atoms with Crippen LogP contribution in [-0.4, -0.2) is 24.2 Å². The molecule has 2 aliphatic rings. The molecular weight excluding hydrogens is 230 g/mol. The third-order valence-electron chi connectivity index (χ3n) is 3.28. The van der Waals surface area contributed by atoms with E-state index in [1.54, 1.807) is 0 Å². The average Bonchev–Trinajstić information content (AvgIpc) is 2.84. The fourth-order valence-corrected chi connectivity index (χ4v) is 2.90. The zero-order valence-corrected chi connectivity index (χ0v) is 9.57. The van der Waals surface area contributed by atoms with Crippen molar-refractivity contribution >= 4 is 23.4 Å². The maximum absolute atomic E-state index is 10.9. The van der Waals surface area contributed by atoms with Gasteiger partial charge in [0.1, 0.15) is 0 Å². The topological polar surface area (TPSA) is 74.5 Å². The molecule has 2 saturated carbocycles. The minimum Gasteiger partial charge on any atom is -0.323 e. The van der Waals surface area contributed by atoms with Crippen LogP contribution in [0.15, 0.2) is 5.16 Å². The number of alkyl halides is 1. The number of hydrogen-bond donors (Lipinski definition) is 1. The van der Waals surface area contributed by atoms with Crippen LogP contribution in [0.1, 0.15) is 12.8 Å². The van der Waals surface area contributed by atoms with Gasteiger partial charge in [0.2, 0.25) is 0 Å². The Hall–Kier alpha value is -1.28. The Bertz CT molecular complexity index is 377. The van der Waals surface area contributed by atoms with Gasteiger partial charge in [-0.05, 0) is 18.8 Å². The van der Waals surface area contributed by atoms with E-state index in [-0.39, 0.29) is 17.2 Å². The van der Waals surface area contributed by atoms with Crippen LogP contribution in [0.5, 0.6) is 0 Å². The lowest BCUT2D eigenvalue weighted by atomic mass is 9.88. The maximum Gasteiger partial charge on any atom is 0.433 e. The molecular formula is C10H12ClN3O2. The van der Waals surface area contributed by atoms with Crippen LogP contribution in [0.4, 0.5) is 4.79 Å². The maximum atomic E-state index is 10.9. The van der Waals surface area contributed by atoms with Gasteiger partial charge in [-0.3, -0.25) is 4.84 Å². The SMILES string of the molecule is CNC(=O)O/N=C1/[C@H]2C[C@H](C[C@H]2C#N)[C@H]1Cl. The molecule has 2 rings (SSSR count). The number of carbonyl (C=O) groups is 1. The summed E-state index contributed by atoms with van der Waals surface area (Å²) in [6, 6.07) is 2.25. The van der Waals surface area contributed by atoms with E-state index in [9.17, 15) is 4.79 Å². The molecule has 2 bridgehead atoms. The molecule has 0 aliphatic heterocycles. The molecule has 2 fully saturated rings. The lowest BCUT2D eigenvalue weighted by molar-refractivity contribution is 0.152. The Labute approximate surface area is 98.4 Å². The van der Waals surface area contributed by atoms with E-state index in [4.69, 9.17) is 16.9 Å². The Morgan fingerprint density at radius 1 is 1.69 bits per heavy atom. The van der Waals surface area contributed by atoms with E-state index in [1.807, 2.05) is 0 Å². The van der Waals surface area contributed by atoms with Crippen molar-refractivity contribution < 1.29 is 9.63 Å². The van der Waals surface area contributed by atoms with E-state index in [0.29, 0.717) is 11.6 Å². The minimum absolute atomic E-state index is 0.0352. The van der Waals surface area contributed by atoms with Gasteiger partial charge in [-0.1, -0.05) is 5.16 Å². The van der Waals surface area contributed by atoms with E-state index in [2.05, 4.69) is 21.4 Å². The summed E-state index contributed by atoms with van der Waals surface area (Å²) < 4.78 is 0. The second kappa shape index (κ2) is 4.30. The molecule has 0 spiro atoms. The van der Waals surface area contributed by atoms with E-state index >= 15 is 0 Å². The molecule has 0 unspecified atom stereocenters. The van der Waals surface area contributed by atoms with Crippen LogP contribution >= 0.6 is 11.6 Å². The van der Waals surface area contributed by atoms with Gasteiger partial charge in [-0.2, -0.15) is 5.26 Å². The predicted molar refractivity (Wildman–Crippen MR) is 57.9 cm³/mol. The summed E-state index contributed by atoms with van der Waals surface area (Å²) in [6.45, 7) is 0. The zero-order valence-electron chi connectivity index (χ0n) is 8.81. The van der Waals surface area contributed by atoms with Crippen LogP contribution in [0.2, 0.25) is 0 Å². The highest BCUT2D eigenvalue weighted by Crippen LogP contribution is 2.48. The molecule has 0 radical (unpaired) electrons. The molecule has 0 heterocycles. The van der Waals surface area contributed by atoms with Crippen LogP contribution in [0, 0.1) is 29.1 Å². The first kappa shape index (κ1) is 11.2. The molecule has 86 valence electrons. The molecule has 4 atom stereocenters. The van der Waals surface area contributed by atoms with E-state index in [0.717, 1.165) is 12.8 Å². The molecule has 0 saturated heterocycles. The first-order valence-electron chi connectivity index (χ1n) is 5.17. The molecule has 0 aromatic carbocycles. The van der Waals surface area contributed by atoms with Crippen LogP contribution in [-0.2, 0) is 4.84 Å². The Balaban J connectivity index is 2.10. The quantitative estimate of drug-likeness (QED) is 0.429. The van der Waals surface area contributed by atoms with Crippen molar-refractivity contribution in [3.63, 3.8) is 0 Å². The fourth-order valence-electron chi connectivity index (χ4n) is 2.49. The second-order valence-corrected chi connectivity index (χ2v) is 4.59. The summed E-state index contributed by atoms with van der Waals surface area (Å²) in [4.78, 5) is 15.5. The van der Waals surface area contributed by atoms with E-state index < -0.39 is 6.09 Å². The summed E-state index contributed by atoms with van der Waals surface area (Å²) in [6.07, 6.45) is 1.09. The minimum atomic E-state index is -0.618. The van der Waals surface area contributed by atoms with Gasteiger partial charge < -0.3 is 5.32 Å². The van der Waals surface area contributed by atoms with Crippen molar-refractivity contribution in [1.82, 2.24) is 5.32 Å². The molecule has 0 aromatic heterocycles. The van der Waals surface area contributed by atoms with Crippen molar-refractivity contribution in [2.75, 3.05) is 7.05 Å². The number of fused-ring (bicyclic) bond motifs is 2. The van der Waals surface area contributed by atoms with Crippen molar-refractivity contribution in [2.24, 2.45) is 22.9 Å². The average molecular weight is 242 g/mol. The number of carbonyl (C=O) groups excluding carboxylic acids is 1. The Morgan fingerprint density at radius 3 is 3.00 bits per heavy atom. The number of rotatable bonds is 1. The van der Waals surface area contributed by atoms with Crippen molar-refractivity contribution in [3.05, 3.63) is 0 Å². The highest BCUT2D eigenvalue weighted by atomic mass is 35.5. The largest absolute Gasteiger partial charge is 0.433 e. The molecule has 16 heavy (non-hydrogen) atoms. The third-order valence-corrected chi connectivity index (χ3v) is 3.86. The Morgan fingerprint density at radius 2 is 2.44 bits per heavy atom. The summed E-state index contributed by atoms with van der Waals surface area (Å²) in [5.41, 5.74) is 0.646. The normalized spacial score (nSPS) is 38.4. The second-order valence-electron chi connectivity index (χ2n) is 4.12. The molecule has 2 aliphatic carbocycles. The molecule has 6 heteroatoms. The fraction of sp³-hybridized carbons (Fsp3) is 0.700. The van der Waals surface area contributed by atoms with Gasteiger partial charge in [0.25, 0.3) is 0 Å². The standard InChI is InChI=1S/C10H12ClN3O2/c1-13-10(15)16-14-9-7-3-5(8(9)11)2-6(7)4-12/h5-8H,2-3H2,1H3,(H,13,15)/b14-9-/t5-,6-,7-,8+/m0/s1. The van der Waals surface area contributed by atoms with Gasteiger partial charge in [0, 0.05) is 13.0 Å². The number of nitrogens with zero attached hydrogens (tertiary/aromatic N) is 2. The molecule has 1 N–H and O–H groups in total. The third kappa shape index (κ3) is 1.74. The lowest BCUT2D eigenvalue weighted by Crippen LogP contribution is -2.29. The van der Waals surface area contributed by atoms with Gasteiger partial charge in [-0.25, -0.2) is 4.79 Å². The summed E-state index contributed by atoms with van der Waals surface area (Å²) in [7, 11) is 1.46. The van der Waals surface area contributed by atoms with Crippen LogP contribution < -0.4 is 5.32 Å². The van der Waals surface area contributed by atoms with Gasteiger partial charge in [-0.15, -0.1) is 11.6 Å². The summed E-state index contributed by atoms with van der Waals surface area (Å²) in [5.74, 6) is 0.317. The number of halogens is 1.